The number of benzene rings is 9. The quantitative estimate of drug-likeness (QED) is 0.163. The molecule has 0 aliphatic carbocycles. The Bertz CT molecular complexity index is 4600. The summed E-state index contributed by atoms with van der Waals surface area (Å²) in [4.78, 5) is 0.340. The standard InChI is InChI=1S/C52H35NO/c1-3-10-36(11-4-1)38-18-22-40(23-19-38)42-26-31-45(32-27-42)53(46-33-28-43(29-34-46)41-24-20-39(21-25-41)37-12-5-2-6-13-37)49-16-9-17-50-51(49)48-35-30-44-14-7-8-15-47(44)52(48)54-50/h1-35H/i1D,2D,3D,4D,5D,6D,7D,8D,9D,10D,11D,12D,13D,14D,15D,16D,17D,18D,19D,20D,21D,22D,23D,24D,25D,26D,27D,28D,29D,30D,31D,32D,33D,34D,35D. The van der Waals surface area contributed by atoms with Crippen molar-refractivity contribution in [3.05, 3.63) is 211 Å². The van der Waals surface area contributed by atoms with Gasteiger partial charge in [-0.1, -0.05) is 169 Å². The van der Waals surface area contributed by atoms with E-state index in [1.54, 1.807) is 0 Å². The highest BCUT2D eigenvalue weighted by molar-refractivity contribution is 6.19. The first kappa shape index (κ1) is 11.9. The lowest BCUT2D eigenvalue weighted by molar-refractivity contribution is 0.672. The van der Waals surface area contributed by atoms with Crippen LogP contribution < -0.4 is 4.90 Å². The molecule has 10 aromatic rings. The van der Waals surface area contributed by atoms with Crippen LogP contribution in [-0.4, -0.2) is 0 Å². The molecule has 0 N–H and O–H groups in total. The molecule has 254 valence electrons. The van der Waals surface area contributed by atoms with E-state index in [4.69, 9.17) is 38.7 Å². The number of furan rings is 1. The van der Waals surface area contributed by atoms with Gasteiger partial charge in [-0.05, 0) is 92.2 Å². The van der Waals surface area contributed by atoms with Gasteiger partial charge in [-0.25, -0.2) is 0 Å². The van der Waals surface area contributed by atoms with E-state index in [9.17, 15) is 13.7 Å². The summed E-state index contributed by atoms with van der Waals surface area (Å²) in [5.41, 5.74) is -12.3. The summed E-state index contributed by atoms with van der Waals surface area (Å²) >= 11 is 0. The molecule has 0 unspecified atom stereocenters. The van der Waals surface area contributed by atoms with Gasteiger partial charge in [0.15, 0.2) is 0 Å². The molecule has 1 heterocycles. The molecule has 1 aromatic heterocycles. The number of rotatable bonds is 7. The highest BCUT2D eigenvalue weighted by Gasteiger charge is 2.20. The van der Waals surface area contributed by atoms with E-state index in [1.165, 1.54) is 0 Å². The zero-order valence-electron chi connectivity index (χ0n) is 61.9. The number of anilines is 3. The van der Waals surface area contributed by atoms with Crippen LogP contribution in [0.3, 0.4) is 0 Å². The van der Waals surface area contributed by atoms with Crippen LogP contribution in [0.4, 0.5) is 17.1 Å². The van der Waals surface area contributed by atoms with Crippen LogP contribution in [0.5, 0.6) is 0 Å². The zero-order chi connectivity index (χ0) is 66.3. The minimum atomic E-state index is -1.36. The van der Waals surface area contributed by atoms with Gasteiger partial charge in [0.05, 0.1) is 59.1 Å². The van der Waals surface area contributed by atoms with E-state index < -0.39 is 306 Å². The Morgan fingerprint density at radius 1 is 0.333 bits per heavy atom. The molecular weight excluding hydrogens is 655 g/mol. The zero-order valence-corrected chi connectivity index (χ0v) is 26.9. The fourth-order valence-corrected chi connectivity index (χ4v) is 5.42. The van der Waals surface area contributed by atoms with Crippen LogP contribution in [0.25, 0.3) is 77.2 Å². The van der Waals surface area contributed by atoms with Crippen molar-refractivity contribution in [2.24, 2.45) is 0 Å². The maximum absolute atomic E-state index is 9.72. The third-order valence-corrected chi connectivity index (χ3v) is 7.87. The summed E-state index contributed by atoms with van der Waals surface area (Å²) in [6.45, 7) is 0. The number of hydrogen-bond acceptors (Lipinski definition) is 2. The fraction of sp³-hybridized carbons (Fsp3) is 0. The third kappa shape index (κ3) is 5.71. The Labute approximate surface area is 364 Å². The van der Waals surface area contributed by atoms with Crippen LogP contribution in [0, 0.1) is 0 Å². The van der Waals surface area contributed by atoms with Gasteiger partial charge >= 0.3 is 0 Å². The average molecular weight is 725 g/mol. The molecule has 0 spiro atoms. The van der Waals surface area contributed by atoms with Crippen molar-refractivity contribution < 1.29 is 52.4 Å². The van der Waals surface area contributed by atoms with Crippen molar-refractivity contribution in [2.45, 2.75) is 0 Å². The van der Waals surface area contributed by atoms with Gasteiger partial charge in [-0.2, -0.15) is 0 Å². The van der Waals surface area contributed by atoms with E-state index in [0.29, 0.717) is 4.90 Å². The molecule has 0 saturated heterocycles. The fourth-order valence-electron chi connectivity index (χ4n) is 5.42. The molecule has 0 amide bonds. The van der Waals surface area contributed by atoms with Crippen molar-refractivity contribution in [3.63, 3.8) is 0 Å². The van der Waals surface area contributed by atoms with Crippen LogP contribution in [0.1, 0.15) is 48.0 Å². The Balaban J connectivity index is 1.36. The highest BCUT2D eigenvalue weighted by Crippen LogP contribution is 2.45. The molecule has 2 heteroatoms. The first-order valence-corrected chi connectivity index (χ1v) is 15.6. The molecular formula is C52H35NO. The molecule has 0 fully saturated rings. The van der Waals surface area contributed by atoms with Gasteiger partial charge in [0.2, 0.25) is 0 Å². The number of hydrogen-bond donors (Lipinski definition) is 0. The summed E-state index contributed by atoms with van der Waals surface area (Å²) in [6, 6.07) is -37.4. The topological polar surface area (TPSA) is 16.4 Å². The summed E-state index contributed by atoms with van der Waals surface area (Å²) < 4.78 is 319. The summed E-state index contributed by atoms with van der Waals surface area (Å²) in [7, 11) is 0. The maximum atomic E-state index is 9.72. The minimum absolute atomic E-state index is 0.340. The lowest BCUT2D eigenvalue weighted by atomic mass is 9.99. The second-order valence-corrected chi connectivity index (χ2v) is 11.0. The summed E-state index contributed by atoms with van der Waals surface area (Å²) in [5, 5.41) is -2.66. The smallest absolute Gasteiger partial charge is 0.143 e. The minimum Gasteiger partial charge on any atom is -0.455 e. The molecule has 10 rings (SSSR count). The van der Waals surface area contributed by atoms with E-state index in [-0.39, 0.29) is 0 Å². The van der Waals surface area contributed by atoms with Crippen LogP contribution in [0.2, 0.25) is 0 Å². The van der Waals surface area contributed by atoms with Crippen LogP contribution in [-0.2, 0) is 0 Å². The second-order valence-electron chi connectivity index (χ2n) is 11.0. The lowest BCUT2D eigenvalue weighted by Gasteiger charge is -2.26. The molecule has 2 nitrogen and oxygen atoms in total. The highest BCUT2D eigenvalue weighted by atomic mass is 16.3. The predicted octanol–water partition coefficient (Wildman–Crippen LogP) is 14.9. The number of fused-ring (bicyclic) bond motifs is 5. The molecule has 0 aliphatic rings. The Kier molecular flexibility index (Phi) is 2.97. The van der Waals surface area contributed by atoms with E-state index >= 15 is 0 Å². The van der Waals surface area contributed by atoms with Gasteiger partial charge in [0.25, 0.3) is 0 Å². The number of nitrogens with zero attached hydrogens (tertiary/aromatic N) is 1. The van der Waals surface area contributed by atoms with Gasteiger partial charge in [0.1, 0.15) is 11.2 Å². The molecule has 9 aromatic carbocycles. The van der Waals surface area contributed by atoms with Crippen LogP contribution >= 0.6 is 0 Å². The molecule has 0 radical (unpaired) electrons. The largest absolute Gasteiger partial charge is 0.455 e. The maximum Gasteiger partial charge on any atom is 0.143 e. The van der Waals surface area contributed by atoms with E-state index in [1.807, 2.05) is 0 Å². The summed E-state index contributed by atoms with van der Waals surface area (Å²) in [5.74, 6) is 0. The molecule has 0 aliphatic heterocycles. The van der Waals surface area contributed by atoms with E-state index in [0.717, 1.165) is 0 Å². The Morgan fingerprint density at radius 3 is 1.26 bits per heavy atom. The third-order valence-electron chi connectivity index (χ3n) is 7.87. The predicted molar refractivity (Wildman–Crippen MR) is 228 cm³/mol. The first-order chi connectivity index (χ1) is 41.4. The average Bonchev–Trinajstić information content (AvgIpc) is 1.67. The molecule has 54 heavy (non-hydrogen) atoms. The van der Waals surface area contributed by atoms with Gasteiger partial charge < -0.3 is 9.32 Å². The molecule has 0 atom stereocenters. The normalized spacial score (nSPS) is 20.4. The second kappa shape index (κ2) is 13.4. The van der Waals surface area contributed by atoms with Crippen molar-refractivity contribution in [3.8, 4) is 44.5 Å². The monoisotopic (exact) mass is 724 g/mol. The molecule has 0 saturated carbocycles. The SMILES string of the molecule is [2H]c1c([2H])c([2H])c(-c2c([2H])c([2H])c(-c3c([2H])c([2H])c(N(c4c([2H])c([2H])c(-c5c([2H])c([2H])c(-c6c([2H])c([2H])c([2H])c([2H])c6[2H])c([2H])c5[2H])c([2H])c4[2H])c4c([2H])c([2H])c([2H])c5oc6c7c([2H])c([2H])c([2H])c([2H])c7c([2H])c([2H])c6c45)c([2H])c3[2H])c([2H])c2[2H])c([2H])c1[2H]. The summed E-state index contributed by atoms with van der Waals surface area (Å²) in [6.07, 6.45) is 0. The van der Waals surface area contributed by atoms with E-state index in [2.05, 4.69) is 0 Å². The van der Waals surface area contributed by atoms with Crippen molar-refractivity contribution in [1.29, 1.82) is 0 Å². The van der Waals surface area contributed by atoms with Crippen LogP contribution in [0.15, 0.2) is 216 Å². The van der Waals surface area contributed by atoms with Gasteiger partial charge in [-0.3, -0.25) is 0 Å². The Hall–Kier alpha value is -7.16. The van der Waals surface area contributed by atoms with Crippen molar-refractivity contribution in [2.75, 3.05) is 4.90 Å². The van der Waals surface area contributed by atoms with Gasteiger partial charge in [0, 0.05) is 22.1 Å². The van der Waals surface area contributed by atoms with Crippen molar-refractivity contribution >= 4 is 49.8 Å². The molecule has 0 bridgehead atoms. The lowest BCUT2D eigenvalue weighted by Crippen LogP contribution is -2.10. The van der Waals surface area contributed by atoms with Crippen molar-refractivity contribution in [1.82, 2.24) is 0 Å². The first-order valence-electron chi connectivity index (χ1n) is 33.1. The Morgan fingerprint density at radius 2 is 0.759 bits per heavy atom. The van der Waals surface area contributed by atoms with Gasteiger partial charge in [-0.15, -0.1) is 0 Å².